The highest BCUT2D eigenvalue weighted by molar-refractivity contribution is 5.93. The SMILES string of the molecule is O=C(NCCc1cnc(-c2ccccc2)nc1)c1ccncc1. The van der Waals surface area contributed by atoms with Gasteiger partial charge in [-0.2, -0.15) is 0 Å². The first-order chi connectivity index (χ1) is 11.3. The highest BCUT2D eigenvalue weighted by atomic mass is 16.1. The summed E-state index contributed by atoms with van der Waals surface area (Å²) in [7, 11) is 0. The molecule has 5 nitrogen and oxygen atoms in total. The molecule has 5 heteroatoms. The summed E-state index contributed by atoms with van der Waals surface area (Å²) in [5, 5.41) is 2.87. The Hall–Kier alpha value is -3.08. The van der Waals surface area contributed by atoms with Crippen LogP contribution in [0.15, 0.2) is 67.3 Å². The van der Waals surface area contributed by atoms with Gasteiger partial charge in [0, 0.05) is 42.5 Å². The zero-order valence-corrected chi connectivity index (χ0v) is 12.5. The van der Waals surface area contributed by atoms with E-state index in [1.165, 1.54) is 0 Å². The molecule has 0 fully saturated rings. The van der Waals surface area contributed by atoms with Crippen LogP contribution in [0.25, 0.3) is 11.4 Å². The molecule has 0 aliphatic rings. The van der Waals surface area contributed by atoms with Gasteiger partial charge in [0.2, 0.25) is 0 Å². The molecule has 2 heterocycles. The van der Waals surface area contributed by atoms with Gasteiger partial charge >= 0.3 is 0 Å². The Kier molecular flexibility index (Phi) is 4.69. The first-order valence-corrected chi connectivity index (χ1v) is 7.37. The summed E-state index contributed by atoms with van der Waals surface area (Å²) in [4.78, 5) is 24.5. The van der Waals surface area contributed by atoms with Gasteiger partial charge in [-0.1, -0.05) is 30.3 Å². The van der Waals surface area contributed by atoms with E-state index in [9.17, 15) is 4.79 Å². The van der Waals surface area contributed by atoms with Crippen LogP contribution in [0.2, 0.25) is 0 Å². The van der Waals surface area contributed by atoms with E-state index in [0.717, 1.165) is 11.1 Å². The van der Waals surface area contributed by atoms with Crippen LogP contribution >= 0.6 is 0 Å². The molecule has 0 spiro atoms. The highest BCUT2D eigenvalue weighted by Crippen LogP contribution is 2.13. The van der Waals surface area contributed by atoms with Gasteiger partial charge in [-0.15, -0.1) is 0 Å². The molecule has 0 aliphatic heterocycles. The van der Waals surface area contributed by atoms with Crippen LogP contribution in [0.1, 0.15) is 15.9 Å². The number of hydrogen-bond acceptors (Lipinski definition) is 4. The minimum Gasteiger partial charge on any atom is -0.352 e. The third-order valence-corrected chi connectivity index (χ3v) is 3.38. The van der Waals surface area contributed by atoms with Crippen LogP contribution in [0.5, 0.6) is 0 Å². The zero-order valence-electron chi connectivity index (χ0n) is 12.5. The van der Waals surface area contributed by atoms with Crippen molar-refractivity contribution in [2.24, 2.45) is 0 Å². The Morgan fingerprint density at radius 3 is 2.35 bits per heavy atom. The van der Waals surface area contributed by atoms with Crippen molar-refractivity contribution in [3.8, 4) is 11.4 Å². The Balaban J connectivity index is 1.54. The third-order valence-electron chi connectivity index (χ3n) is 3.38. The number of aromatic nitrogens is 3. The zero-order chi connectivity index (χ0) is 15.9. The molecule has 1 amide bonds. The Labute approximate surface area is 134 Å². The van der Waals surface area contributed by atoms with E-state index < -0.39 is 0 Å². The van der Waals surface area contributed by atoms with E-state index >= 15 is 0 Å². The van der Waals surface area contributed by atoms with Crippen molar-refractivity contribution >= 4 is 5.91 Å². The smallest absolute Gasteiger partial charge is 0.251 e. The van der Waals surface area contributed by atoms with Crippen LogP contribution in [0.4, 0.5) is 0 Å². The largest absolute Gasteiger partial charge is 0.352 e. The molecule has 0 saturated heterocycles. The second kappa shape index (κ2) is 7.26. The lowest BCUT2D eigenvalue weighted by Gasteiger charge is -2.05. The molecule has 0 saturated carbocycles. The summed E-state index contributed by atoms with van der Waals surface area (Å²) in [6.07, 6.45) is 7.49. The normalized spacial score (nSPS) is 10.3. The first-order valence-electron chi connectivity index (χ1n) is 7.37. The minimum absolute atomic E-state index is 0.103. The molecule has 114 valence electrons. The fourth-order valence-corrected chi connectivity index (χ4v) is 2.15. The number of carbonyl (C=O) groups excluding carboxylic acids is 1. The highest BCUT2D eigenvalue weighted by Gasteiger charge is 2.04. The maximum atomic E-state index is 11.9. The second-order valence-corrected chi connectivity index (χ2v) is 5.02. The van der Waals surface area contributed by atoms with E-state index in [0.29, 0.717) is 24.4 Å². The number of amides is 1. The summed E-state index contributed by atoms with van der Waals surface area (Å²) in [6, 6.07) is 13.2. The Bertz CT molecular complexity index is 758. The van der Waals surface area contributed by atoms with Gasteiger partial charge in [-0.3, -0.25) is 9.78 Å². The van der Waals surface area contributed by atoms with Crippen molar-refractivity contribution in [3.05, 3.63) is 78.4 Å². The van der Waals surface area contributed by atoms with Gasteiger partial charge in [0.1, 0.15) is 0 Å². The first kappa shape index (κ1) is 14.8. The van der Waals surface area contributed by atoms with Crippen LogP contribution in [-0.2, 0) is 6.42 Å². The standard InChI is InChI=1S/C18H16N4O/c23-18(16-7-9-19-10-8-16)20-11-6-14-12-21-17(22-13-14)15-4-2-1-3-5-15/h1-5,7-10,12-13H,6,11H2,(H,20,23). The molecule has 0 bridgehead atoms. The van der Waals surface area contributed by atoms with Crippen molar-refractivity contribution in [2.45, 2.75) is 6.42 Å². The average Bonchev–Trinajstić information content (AvgIpc) is 2.64. The number of benzene rings is 1. The van der Waals surface area contributed by atoms with E-state index in [1.54, 1.807) is 36.9 Å². The van der Waals surface area contributed by atoms with E-state index in [2.05, 4.69) is 20.3 Å². The van der Waals surface area contributed by atoms with Crippen LogP contribution in [0.3, 0.4) is 0 Å². The van der Waals surface area contributed by atoms with E-state index in [1.807, 2.05) is 30.3 Å². The Morgan fingerprint density at radius 1 is 0.957 bits per heavy atom. The summed E-state index contributed by atoms with van der Waals surface area (Å²) in [5.74, 6) is 0.601. The predicted molar refractivity (Wildman–Crippen MR) is 87.7 cm³/mol. The maximum absolute atomic E-state index is 11.9. The number of rotatable bonds is 5. The number of nitrogens with one attached hydrogen (secondary N) is 1. The van der Waals surface area contributed by atoms with Crippen molar-refractivity contribution < 1.29 is 4.79 Å². The van der Waals surface area contributed by atoms with Gasteiger partial charge in [0.15, 0.2) is 5.82 Å². The van der Waals surface area contributed by atoms with Crippen molar-refractivity contribution in [2.75, 3.05) is 6.54 Å². The van der Waals surface area contributed by atoms with Crippen molar-refractivity contribution in [3.63, 3.8) is 0 Å². The Morgan fingerprint density at radius 2 is 1.65 bits per heavy atom. The van der Waals surface area contributed by atoms with Gasteiger partial charge in [0.05, 0.1) is 0 Å². The van der Waals surface area contributed by atoms with Crippen LogP contribution in [-0.4, -0.2) is 27.4 Å². The molecule has 0 aliphatic carbocycles. The van der Waals surface area contributed by atoms with Gasteiger partial charge in [-0.25, -0.2) is 9.97 Å². The topological polar surface area (TPSA) is 67.8 Å². The summed E-state index contributed by atoms with van der Waals surface area (Å²) in [6.45, 7) is 0.537. The number of pyridine rings is 1. The molecule has 23 heavy (non-hydrogen) atoms. The quantitative estimate of drug-likeness (QED) is 0.786. The number of carbonyl (C=O) groups is 1. The summed E-state index contributed by atoms with van der Waals surface area (Å²) < 4.78 is 0. The molecule has 1 aromatic carbocycles. The number of nitrogens with zero attached hydrogens (tertiary/aromatic N) is 3. The molecule has 0 radical (unpaired) electrons. The molecule has 1 N–H and O–H groups in total. The molecule has 3 rings (SSSR count). The second-order valence-electron chi connectivity index (χ2n) is 5.02. The summed E-state index contributed by atoms with van der Waals surface area (Å²) >= 11 is 0. The van der Waals surface area contributed by atoms with Crippen molar-refractivity contribution in [1.82, 2.24) is 20.3 Å². The summed E-state index contributed by atoms with van der Waals surface area (Å²) in [5.41, 5.74) is 2.58. The average molecular weight is 304 g/mol. The fourth-order valence-electron chi connectivity index (χ4n) is 2.15. The fraction of sp³-hybridized carbons (Fsp3) is 0.111. The predicted octanol–water partition coefficient (Wildman–Crippen LogP) is 2.51. The van der Waals surface area contributed by atoms with Gasteiger partial charge < -0.3 is 5.32 Å². The number of hydrogen-bond donors (Lipinski definition) is 1. The van der Waals surface area contributed by atoms with Gasteiger partial charge in [0.25, 0.3) is 5.91 Å². The lowest BCUT2D eigenvalue weighted by molar-refractivity contribution is 0.0954. The molecule has 3 aromatic rings. The monoisotopic (exact) mass is 304 g/mol. The lowest BCUT2D eigenvalue weighted by atomic mass is 10.2. The third kappa shape index (κ3) is 3.97. The van der Waals surface area contributed by atoms with Crippen LogP contribution in [0, 0.1) is 0 Å². The lowest BCUT2D eigenvalue weighted by Crippen LogP contribution is -2.25. The molecular formula is C18H16N4O. The van der Waals surface area contributed by atoms with Crippen LogP contribution < -0.4 is 5.32 Å². The van der Waals surface area contributed by atoms with Gasteiger partial charge in [-0.05, 0) is 24.1 Å². The maximum Gasteiger partial charge on any atom is 0.251 e. The molecule has 0 atom stereocenters. The van der Waals surface area contributed by atoms with E-state index in [-0.39, 0.29) is 5.91 Å². The minimum atomic E-state index is -0.103. The molecule has 2 aromatic heterocycles. The van der Waals surface area contributed by atoms with E-state index in [4.69, 9.17) is 0 Å². The molecule has 0 unspecified atom stereocenters. The van der Waals surface area contributed by atoms with Crippen molar-refractivity contribution in [1.29, 1.82) is 0 Å². The molecular weight excluding hydrogens is 288 g/mol.